The van der Waals surface area contributed by atoms with E-state index in [0.717, 1.165) is 35.7 Å². The van der Waals surface area contributed by atoms with Crippen LogP contribution in [0.2, 0.25) is 0 Å². The molecule has 7 nitrogen and oxygen atoms in total. The Morgan fingerprint density at radius 3 is 2.80 bits per heavy atom. The van der Waals surface area contributed by atoms with Gasteiger partial charge in [0.1, 0.15) is 6.04 Å². The van der Waals surface area contributed by atoms with Crippen LogP contribution >= 0.6 is 0 Å². The number of imidazole rings is 1. The highest BCUT2D eigenvalue weighted by Gasteiger charge is 2.35. The molecule has 0 bridgehead atoms. The van der Waals surface area contributed by atoms with E-state index in [1.165, 1.54) is 4.31 Å². The Morgan fingerprint density at radius 1 is 1.36 bits per heavy atom. The third-order valence-electron chi connectivity index (χ3n) is 4.64. The number of piperidine rings is 1. The fraction of sp³-hybridized carbons (Fsp3) is 0.529. The van der Waals surface area contributed by atoms with Crippen LogP contribution in [-0.4, -0.2) is 47.0 Å². The van der Waals surface area contributed by atoms with Crippen LogP contribution in [0.5, 0.6) is 0 Å². The van der Waals surface area contributed by atoms with Crippen molar-refractivity contribution >= 4 is 32.9 Å². The number of aromatic nitrogens is 2. The van der Waals surface area contributed by atoms with E-state index >= 15 is 0 Å². The number of nitrogens with zero attached hydrogens (tertiary/aromatic N) is 3. The number of hydrogen-bond donors (Lipinski definition) is 1. The van der Waals surface area contributed by atoms with Crippen molar-refractivity contribution in [1.82, 2.24) is 13.9 Å². The first-order chi connectivity index (χ1) is 11.8. The van der Waals surface area contributed by atoms with Gasteiger partial charge in [0.15, 0.2) is 0 Å². The summed E-state index contributed by atoms with van der Waals surface area (Å²) in [4.78, 5) is 17.3. The highest BCUT2D eigenvalue weighted by atomic mass is 32.2. The molecule has 25 heavy (non-hydrogen) atoms. The van der Waals surface area contributed by atoms with Gasteiger partial charge in [-0.05, 0) is 44.4 Å². The van der Waals surface area contributed by atoms with Crippen LogP contribution in [0.1, 0.15) is 31.7 Å². The van der Waals surface area contributed by atoms with Crippen LogP contribution < -0.4 is 5.32 Å². The van der Waals surface area contributed by atoms with Gasteiger partial charge in [0.25, 0.3) is 0 Å². The molecular weight excluding hydrogens is 340 g/mol. The fourth-order valence-electron chi connectivity index (χ4n) is 3.41. The number of amides is 1. The first-order valence-corrected chi connectivity index (χ1v) is 10.4. The summed E-state index contributed by atoms with van der Waals surface area (Å²) in [6.45, 7) is 5.03. The Morgan fingerprint density at radius 2 is 2.12 bits per heavy atom. The molecule has 1 unspecified atom stereocenters. The minimum atomic E-state index is -3.41. The maximum absolute atomic E-state index is 12.8. The highest BCUT2D eigenvalue weighted by Crippen LogP contribution is 2.24. The van der Waals surface area contributed by atoms with Gasteiger partial charge in [0.2, 0.25) is 21.9 Å². The van der Waals surface area contributed by atoms with E-state index in [4.69, 9.17) is 0 Å². The van der Waals surface area contributed by atoms with Crippen LogP contribution in [0.3, 0.4) is 0 Å². The second-order valence-corrected chi connectivity index (χ2v) is 8.48. The molecule has 0 spiro atoms. The van der Waals surface area contributed by atoms with E-state index < -0.39 is 16.1 Å². The first-order valence-electron chi connectivity index (χ1n) is 8.56. The Kier molecular flexibility index (Phi) is 4.83. The summed E-state index contributed by atoms with van der Waals surface area (Å²) in [7, 11) is -3.41. The molecule has 0 radical (unpaired) electrons. The van der Waals surface area contributed by atoms with Crippen LogP contribution in [0.25, 0.3) is 11.0 Å². The highest BCUT2D eigenvalue weighted by molar-refractivity contribution is 7.88. The molecule has 1 aromatic carbocycles. The second-order valence-electron chi connectivity index (χ2n) is 6.55. The lowest BCUT2D eigenvalue weighted by Gasteiger charge is -2.32. The Labute approximate surface area is 148 Å². The predicted molar refractivity (Wildman–Crippen MR) is 98.0 cm³/mol. The number of nitrogens with one attached hydrogen (secondary N) is 1. The summed E-state index contributed by atoms with van der Waals surface area (Å²) in [6, 6.07) is 5.30. The number of anilines is 1. The van der Waals surface area contributed by atoms with Crippen LogP contribution in [0.15, 0.2) is 18.2 Å². The first kappa shape index (κ1) is 17.9. The van der Waals surface area contributed by atoms with Gasteiger partial charge in [-0.2, -0.15) is 4.31 Å². The van der Waals surface area contributed by atoms with Gasteiger partial charge in [-0.3, -0.25) is 10.1 Å². The van der Waals surface area contributed by atoms with Crippen molar-refractivity contribution in [1.29, 1.82) is 0 Å². The van der Waals surface area contributed by atoms with Crippen molar-refractivity contribution in [3.8, 4) is 0 Å². The molecule has 1 aliphatic rings. The molecule has 136 valence electrons. The lowest BCUT2D eigenvalue weighted by Crippen LogP contribution is -2.49. The molecule has 1 N–H and O–H groups in total. The number of sulfonamides is 1. The average molecular weight is 364 g/mol. The van der Waals surface area contributed by atoms with Gasteiger partial charge in [0, 0.05) is 13.1 Å². The molecule has 3 rings (SSSR count). The summed E-state index contributed by atoms with van der Waals surface area (Å²) in [6.07, 6.45) is 3.31. The summed E-state index contributed by atoms with van der Waals surface area (Å²) >= 11 is 0. The quantitative estimate of drug-likeness (QED) is 0.901. The molecule has 1 atom stereocenters. The maximum Gasteiger partial charge on any atom is 0.245 e. The van der Waals surface area contributed by atoms with Gasteiger partial charge >= 0.3 is 0 Å². The Balaban J connectivity index is 1.91. The van der Waals surface area contributed by atoms with Crippen molar-refractivity contribution in [3.63, 3.8) is 0 Å². The standard InChI is InChI=1S/C17H24N4O3S/c1-4-20-14-9-8-12(2)11-13(14)18-17(20)19-16(22)15-7-5-6-10-21(15)25(3,23)24/h8-9,11,15H,4-7,10H2,1-3H3,(H,18,19,22). The minimum Gasteiger partial charge on any atom is -0.310 e. The summed E-state index contributed by atoms with van der Waals surface area (Å²) < 4.78 is 27.2. The van der Waals surface area contributed by atoms with Gasteiger partial charge in [-0.1, -0.05) is 12.5 Å². The van der Waals surface area contributed by atoms with E-state index in [1.54, 1.807) is 0 Å². The summed E-state index contributed by atoms with van der Waals surface area (Å²) in [5.41, 5.74) is 2.87. The fourth-order valence-corrected chi connectivity index (χ4v) is 4.54. The van der Waals surface area contributed by atoms with E-state index in [-0.39, 0.29) is 5.91 Å². The smallest absolute Gasteiger partial charge is 0.245 e. The van der Waals surface area contributed by atoms with E-state index in [1.807, 2.05) is 36.6 Å². The summed E-state index contributed by atoms with van der Waals surface area (Å²) in [5.74, 6) is 0.152. The molecule has 8 heteroatoms. The molecule has 0 saturated carbocycles. The third kappa shape index (κ3) is 3.55. The Hall–Kier alpha value is -1.93. The third-order valence-corrected chi connectivity index (χ3v) is 5.93. The van der Waals surface area contributed by atoms with Crippen molar-refractivity contribution in [2.75, 3.05) is 18.1 Å². The molecule has 1 aliphatic heterocycles. The van der Waals surface area contributed by atoms with Gasteiger partial charge in [0.05, 0.1) is 17.3 Å². The Bertz CT molecular complexity index is 904. The minimum absolute atomic E-state index is 0.313. The molecule has 0 aliphatic carbocycles. The van der Waals surface area contributed by atoms with E-state index in [0.29, 0.717) is 25.5 Å². The number of aryl methyl sites for hydroxylation is 2. The second kappa shape index (κ2) is 6.76. The van der Waals surface area contributed by atoms with Crippen molar-refractivity contribution < 1.29 is 13.2 Å². The lowest BCUT2D eigenvalue weighted by molar-refractivity contribution is -0.120. The number of rotatable bonds is 4. The van der Waals surface area contributed by atoms with E-state index in [9.17, 15) is 13.2 Å². The molecule has 1 saturated heterocycles. The zero-order valence-electron chi connectivity index (χ0n) is 14.8. The van der Waals surface area contributed by atoms with Crippen molar-refractivity contribution in [3.05, 3.63) is 23.8 Å². The molecule has 1 amide bonds. The summed E-state index contributed by atoms with van der Waals surface area (Å²) in [5, 5.41) is 2.85. The van der Waals surface area contributed by atoms with Gasteiger partial charge in [-0.25, -0.2) is 13.4 Å². The number of hydrogen-bond acceptors (Lipinski definition) is 4. The predicted octanol–water partition coefficient (Wildman–Crippen LogP) is 2.12. The molecule has 2 heterocycles. The van der Waals surface area contributed by atoms with Crippen LogP contribution in [0, 0.1) is 6.92 Å². The average Bonchev–Trinajstić information content (AvgIpc) is 2.89. The number of fused-ring (bicyclic) bond motifs is 1. The largest absolute Gasteiger partial charge is 0.310 e. The van der Waals surface area contributed by atoms with Gasteiger partial charge in [-0.15, -0.1) is 0 Å². The number of carbonyl (C=O) groups is 1. The number of benzene rings is 1. The van der Waals surface area contributed by atoms with Crippen LogP contribution in [-0.2, 0) is 21.4 Å². The number of carbonyl (C=O) groups excluding carboxylic acids is 1. The van der Waals surface area contributed by atoms with Crippen molar-refractivity contribution in [2.45, 2.75) is 45.7 Å². The molecular formula is C17H24N4O3S. The molecule has 1 aromatic heterocycles. The zero-order valence-corrected chi connectivity index (χ0v) is 15.6. The van der Waals surface area contributed by atoms with Gasteiger partial charge < -0.3 is 4.57 Å². The molecule has 1 fully saturated rings. The monoisotopic (exact) mass is 364 g/mol. The van der Waals surface area contributed by atoms with Crippen LogP contribution in [0.4, 0.5) is 5.95 Å². The normalized spacial score (nSPS) is 19.2. The van der Waals surface area contributed by atoms with E-state index in [2.05, 4.69) is 10.3 Å². The molecule has 2 aromatic rings. The SMILES string of the molecule is CCn1c(NC(=O)C2CCCCN2S(C)(=O)=O)nc2cc(C)ccc21. The maximum atomic E-state index is 12.8. The lowest BCUT2D eigenvalue weighted by atomic mass is 10.0. The zero-order chi connectivity index (χ0) is 18.2. The topological polar surface area (TPSA) is 84.3 Å². The van der Waals surface area contributed by atoms with Crippen molar-refractivity contribution in [2.24, 2.45) is 0 Å².